The molecule has 0 heterocycles. The summed E-state index contributed by atoms with van der Waals surface area (Å²) in [7, 11) is 0. The molecule has 0 saturated heterocycles. The molecule has 0 radical (unpaired) electrons. The van der Waals surface area contributed by atoms with E-state index in [0.717, 1.165) is 53.4 Å². The minimum Gasteiger partial charge on any atom is -0.325 e. The third kappa shape index (κ3) is 10.9. The number of amides is 4. The smallest absolute Gasteiger partial charge is 0.325 e. The number of nitrogens with zero attached hydrogens (tertiary/aromatic N) is 1. The largest absolute Gasteiger partial charge is 0.416 e. The van der Waals surface area contributed by atoms with Gasteiger partial charge in [-0.3, -0.25) is 24.4 Å². The molecule has 0 fully saturated rings. The highest BCUT2D eigenvalue weighted by Gasteiger charge is 2.31. The minimum atomic E-state index is -4.58. The lowest BCUT2D eigenvalue weighted by atomic mass is 10.1. The van der Waals surface area contributed by atoms with Crippen LogP contribution in [0.15, 0.2) is 48.5 Å². The van der Waals surface area contributed by atoms with Crippen molar-refractivity contribution < 1.29 is 50.7 Å². The number of halogens is 6. The molecular formula is C25H26F6N4O5. The highest BCUT2D eigenvalue weighted by Crippen LogP contribution is 2.30. The van der Waals surface area contributed by atoms with E-state index in [1.165, 1.54) is 5.48 Å². The summed E-state index contributed by atoms with van der Waals surface area (Å²) in [6, 6.07) is 7.11. The number of benzene rings is 2. The van der Waals surface area contributed by atoms with Crippen LogP contribution in [0.3, 0.4) is 0 Å². The number of rotatable bonds is 12. The first-order chi connectivity index (χ1) is 18.7. The molecule has 15 heteroatoms. The molecule has 40 heavy (non-hydrogen) atoms. The van der Waals surface area contributed by atoms with E-state index >= 15 is 0 Å². The van der Waals surface area contributed by atoms with E-state index in [-0.39, 0.29) is 30.6 Å². The Balaban J connectivity index is 2.04. The first-order valence-corrected chi connectivity index (χ1v) is 11.8. The van der Waals surface area contributed by atoms with Crippen LogP contribution in [-0.2, 0) is 31.5 Å². The number of carbonyl (C=O) groups excluding carboxylic acids is 4. The van der Waals surface area contributed by atoms with Crippen molar-refractivity contribution in [2.45, 2.75) is 44.5 Å². The maximum Gasteiger partial charge on any atom is 0.416 e. The molecule has 0 aromatic heterocycles. The van der Waals surface area contributed by atoms with Crippen LogP contribution in [-0.4, -0.2) is 46.8 Å². The van der Waals surface area contributed by atoms with Crippen LogP contribution in [0.25, 0.3) is 0 Å². The number of hydrogen-bond donors (Lipinski definition) is 4. The average Bonchev–Trinajstić information content (AvgIpc) is 2.87. The summed E-state index contributed by atoms with van der Waals surface area (Å²) >= 11 is 0. The zero-order chi connectivity index (χ0) is 29.9. The fraction of sp³-hybridized carbons (Fsp3) is 0.360. The molecule has 2 aromatic rings. The molecule has 218 valence electrons. The van der Waals surface area contributed by atoms with E-state index in [9.17, 15) is 45.5 Å². The Bertz CT molecular complexity index is 1090. The highest BCUT2D eigenvalue weighted by molar-refractivity contribution is 5.98. The minimum absolute atomic E-state index is 0.0134. The number of anilines is 2. The second kappa shape index (κ2) is 14.3. The van der Waals surface area contributed by atoms with Crippen molar-refractivity contribution in [3.05, 3.63) is 59.7 Å². The maximum absolute atomic E-state index is 12.8. The maximum atomic E-state index is 12.8. The number of unbranched alkanes of at least 4 members (excludes halogenated alkanes) is 2. The van der Waals surface area contributed by atoms with Gasteiger partial charge in [0.05, 0.1) is 11.1 Å². The van der Waals surface area contributed by atoms with Crippen molar-refractivity contribution in [3.63, 3.8) is 0 Å². The van der Waals surface area contributed by atoms with E-state index in [1.807, 2.05) is 0 Å². The van der Waals surface area contributed by atoms with Gasteiger partial charge in [0.1, 0.15) is 13.1 Å². The summed E-state index contributed by atoms with van der Waals surface area (Å²) in [4.78, 5) is 49.8. The number of hydroxylamine groups is 1. The third-order valence-corrected chi connectivity index (χ3v) is 5.43. The first-order valence-electron chi connectivity index (χ1n) is 11.8. The summed E-state index contributed by atoms with van der Waals surface area (Å²) in [5.74, 6) is -2.85. The Kier molecular flexibility index (Phi) is 11.5. The molecular weight excluding hydrogens is 550 g/mol. The molecule has 0 aliphatic carbocycles. The third-order valence-electron chi connectivity index (χ3n) is 5.43. The lowest BCUT2D eigenvalue weighted by molar-refractivity contribution is -0.138. The van der Waals surface area contributed by atoms with Crippen molar-refractivity contribution in [1.82, 2.24) is 10.4 Å². The van der Waals surface area contributed by atoms with E-state index in [1.54, 1.807) is 0 Å². The molecule has 0 aliphatic rings. The highest BCUT2D eigenvalue weighted by atomic mass is 19.4. The van der Waals surface area contributed by atoms with Gasteiger partial charge in [-0.1, -0.05) is 6.42 Å². The molecule has 0 saturated carbocycles. The first kappa shape index (κ1) is 32.1. The van der Waals surface area contributed by atoms with Crippen LogP contribution < -0.4 is 16.1 Å². The Morgan fingerprint density at radius 1 is 0.625 bits per heavy atom. The van der Waals surface area contributed by atoms with Crippen molar-refractivity contribution in [2.24, 2.45) is 0 Å². The Labute approximate surface area is 224 Å². The van der Waals surface area contributed by atoms with Crippen LogP contribution >= 0.6 is 0 Å². The van der Waals surface area contributed by atoms with Gasteiger partial charge in [-0.15, -0.1) is 0 Å². The normalized spacial score (nSPS) is 11.5. The van der Waals surface area contributed by atoms with Gasteiger partial charge in [-0.05, 0) is 61.4 Å². The van der Waals surface area contributed by atoms with Crippen molar-refractivity contribution in [1.29, 1.82) is 0 Å². The van der Waals surface area contributed by atoms with Crippen molar-refractivity contribution in [2.75, 3.05) is 23.7 Å². The molecule has 4 N–H and O–H groups in total. The van der Waals surface area contributed by atoms with Crippen LogP contribution in [0.4, 0.5) is 37.7 Å². The van der Waals surface area contributed by atoms with E-state index < -0.39 is 60.2 Å². The fourth-order valence-electron chi connectivity index (χ4n) is 3.42. The Morgan fingerprint density at radius 2 is 1.02 bits per heavy atom. The SMILES string of the molecule is O=C(CCCCCC(=O)N(CC(=O)Nc1ccc(C(F)(F)F)cc1)CC(=O)Nc1ccc(C(F)(F)F)cc1)NO. The lowest BCUT2D eigenvalue weighted by Crippen LogP contribution is -2.42. The van der Waals surface area contributed by atoms with E-state index in [2.05, 4.69) is 10.6 Å². The Hall–Kier alpha value is -4.14. The number of carbonyl (C=O) groups is 4. The molecule has 9 nitrogen and oxygen atoms in total. The van der Waals surface area contributed by atoms with Crippen molar-refractivity contribution >= 4 is 35.0 Å². The lowest BCUT2D eigenvalue weighted by Gasteiger charge is -2.22. The zero-order valence-electron chi connectivity index (χ0n) is 20.9. The standard InChI is InChI=1S/C25H26F6N4O5/c26-24(27,28)16-6-10-18(11-7-16)32-21(37)14-35(23(39)5-3-1-2-4-20(36)34-40)15-22(38)33-19-12-8-17(9-13-19)25(29,30)31/h6-13,40H,1-5,14-15H2,(H,32,37)(H,33,38)(H,34,36). The molecule has 0 atom stereocenters. The van der Waals surface area contributed by atoms with Crippen molar-refractivity contribution in [3.8, 4) is 0 Å². The van der Waals surface area contributed by atoms with Gasteiger partial charge in [0.15, 0.2) is 0 Å². The van der Waals surface area contributed by atoms with Gasteiger partial charge in [-0.25, -0.2) is 5.48 Å². The van der Waals surface area contributed by atoms with Crippen LogP contribution in [0.2, 0.25) is 0 Å². The summed E-state index contributed by atoms with van der Waals surface area (Å²) in [5, 5.41) is 13.2. The summed E-state index contributed by atoms with van der Waals surface area (Å²) in [5.41, 5.74) is -0.360. The molecule has 0 aliphatic heterocycles. The second-order valence-electron chi connectivity index (χ2n) is 8.59. The van der Waals surface area contributed by atoms with Gasteiger partial charge in [-0.2, -0.15) is 26.3 Å². The summed E-state index contributed by atoms with van der Waals surface area (Å²) in [6.07, 6.45) is -8.23. The molecule has 0 bridgehead atoms. The summed E-state index contributed by atoms with van der Waals surface area (Å²) < 4.78 is 76.5. The number of hydrogen-bond acceptors (Lipinski definition) is 5. The van der Waals surface area contributed by atoms with Crippen LogP contribution in [0.5, 0.6) is 0 Å². The van der Waals surface area contributed by atoms with Gasteiger partial charge in [0.2, 0.25) is 23.6 Å². The molecule has 2 rings (SSSR count). The van der Waals surface area contributed by atoms with Crippen LogP contribution in [0, 0.1) is 0 Å². The van der Waals surface area contributed by atoms with Crippen LogP contribution in [0.1, 0.15) is 43.2 Å². The molecule has 0 spiro atoms. The summed E-state index contributed by atoms with van der Waals surface area (Å²) in [6.45, 7) is -1.29. The van der Waals surface area contributed by atoms with Gasteiger partial charge >= 0.3 is 12.4 Å². The van der Waals surface area contributed by atoms with E-state index in [4.69, 9.17) is 5.21 Å². The van der Waals surface area contributed by atoms with Gasteiger partial charge < -0.3 is 15.5 Å². The Morgan fingerprint density at radius 3 is 1.40 bits per heavy atom. The second-order valence-corrected chi connectivity index (χ2v) is 8.59. The molecule has 4 amide bonds. The molecule has 0 unspecified atom stereocenters. The zero-order valence-corrected chi connectivity index (χ0v) is 20.9. The van der Waals surface area contributed by atoms with E-state index in [0.29, 0.717) is 12.8 Å². The quantitative estimate of drug-likeness (QED) is 0.127. The number of nitrogens with one attached hydrogen (secondary N) is 3. The topological polar surface area (TPSA) is 128 Å². The fourth-order valence-corrected chi connectivity index (χ4v) is 3.42. The predicted octanol–water partition coefficient (Wildman–Crippen LogP) is 4.59. The average molecular weight is 576 g/mol. The van der Waals surface area contributed by atoms with Gasteiger partial charge in [0.25, 0.3) is 0 Å². The molecule has 2 aromatic carbocycles. The predicted molar refractivity (Wildman–Crippen MR) is 130 cm³/mol. The number of alkyl halides is 6. The van der Waals surface area contributed by atoms with Gasteiger partial charge in [0, 0.05) is 24.2 Å². The monoisotopic (exact) mass is 576 g/mol.